The van der Waals surface area contributed by atoms with Crippen LogP contribution in [-0.4, -0.2) is 32.3 Å². The molecule has 0 aliphatic rings. The SMILES string of the molecule is CC(C)C(=O)OCCF.COC(=O)C(C)C. The van der Waals surface area contributed by atoms with E-state index in [1.807, 2.05) is 0 Å². The highest BCUT2D eigenvalue weighted by Crippen LogP contribution is 1.94. The van der Waals surface area contributed by atoms with Gasteiger partial charge < -0.3 is 9.47 Å². The highest BCUT2D eigenvalue weighted by Gasteiger charge is 2.06. The molecule has 0 rings (SSSR count). The molecule has 0 N–H and O–H groups in total. The predicted octanol–water partition coefficient (Wildman–Crippen LogP) is 1.97. The van der Waals surface area contributed by atoms with Crippen LogP contribution in [0, 0.1) is 11.8 Å². The summed E-state index contributed by atoms with van der Waals surface area (Å²) in [5, 5.41) is 0. The molecule has 0 fully saturated rings. The topological polar surface area (TPSA) is 52.6 Å². The van der Waals surface area contributed by atoms with Gasteiger partial charge >= 0.3 is 11.9 Å². The molecule has 0 aliphatic carbocycles. The molecule has 5 heteroatoms. The lowest BCUT2D eigenvalue weighted by Gasteiger charge is -2.02. The third-order valence-electron chi connectivity index (χ3n) is 1.47. The second-order valence-corrected chi connectivity index (χ2v) is 3.69. The van der Waals surface area contributed by atoms with Crippen LogP contribution in [0.2, 0.25) is 0 Å². The molecule has 0 aromatic carbocycles. The zero-order valence-corrected chi connectivity index (χ0v) is 10.6. The van der Waals surface area contributed by atoms with Crippen LogP contribution >= 0.6 is 0 Å². The maximum atomic E-state index is 11.3. The first-order chi connectivity index (χ1) is 7.36. The van der Waals surface area contributed by atoms with Crippen LogP contribution < -0.4 is 0 Å². The van der Waals surface area contributed by atoms with Gasteiger partial charge in [0.25, 0.3) is 0 Å². The lowest BCUT2D eigenvalue weighted by atomic mass is 10.2. The molecular weight excluding hydrogens is 215 g/mol. The fourth-order valence-corrected chi connectivity index (χ4v) is 0.542. The van der Waals surface area contributed by atoms with E-state index < -0.39 is 6.67 Å². The van der Waals surface area contributed by atoms with E-state index in [-0.39, 0.29) is 30.4 Å². The number of hydrogen-bond donors (Lipinski definition) is 0. The largest absolute Gasteiger partial charge is 0.469 e. The van der Waals surface area contributed by atoms with E-state index in [4.69, 9.17) is 0 Å². The van der Waals surface area contributed by atoms with Gasteiger partial charge in [-0.05, 0) is 0 Å². The van der Waals surface area contributed by atoms with Gasteiger partial charge in [0.05, 0.1) is 18.9 Å². The molecule has 0 heterocycles. The average Bonchev–Trinajstić information content (AvgIpc) is 2.25. The molecule has 4 nitrogen and oxygen atoms in total. The van der Waals surface area contributed by atoms with Crippen molar-refractivity contribution in [2.45, 2.75) is 27.7 Å². The second kappa shape index (κ2) is 10.4. The number of hydrogen-bond acceptors (Lipinski definition) is 4. The molecule has 0 saturated carbocycles. The molecule has 16 heavy (non-hydrogen) atoms. The molecule has 0 aromatic heterocycles. The number of esters is 2. The third kappa shape index (κ3) is 10.9. The molecule has 0 spiro atoms. The molecule has 0 atom stereocenters. The summed E-state index contributed by atoms with van der Waals surface area (Å²) >= 11 is 0. The predicted molar refractivity (Wildman–Crippen MR) is 58.6 cm³/mol. The third-order valence-corrected chi connectivity index (χ3v) is 1.47. The summed E-state index contributed by atoms with van der Waals surface area (Å²) in [7, 11) is 1.39. The first kappa shape index (κ1) is 17.3. The number of carbonyl (C=O) groups excluding carboxylic acids is 2. The summed E-state index contributed by atoms with van der Waals surface area (Å²) in [5.74, 6) is -0.644. The summed E-state index contributed by atoms with van der Waals surface area (Å²) in [5.41, 5.74) is 0. The Morgan fingerprint density at radius 1 is 1.06 bits per heavy atom. The van der Waals surface area contributed by atoms with Gasteiger partial charge in [-0.2, -0.15) is 0 Å². The van der Waals surface area contributed by atoms with E-state index in [0.29, 0.717) is 0 Å². The molecule has 0 unspecified atom stereocenters. The molecule has 0 aromatic rings. The highest BCUT2D eigenvalue weighted by atomic mass is 19.1. The molecule has 0 amide bonds. The zero-order chi connectivity index (χ0) is 13.1. The van der Waals surface area contributed by atoms with E-state index in [1.165, 1.54) is 7.11 Å². The van der Waals surface area contributed by atoms with Gasteiger partial charge in [0.15, 0.2) is 0 Å². The van der Waals surface area contributed by atoms with Crippen molar-refractivity contribution in [1.29, 1.82) is 0 Å². The number of ether oxygens (including phenoxy) is 2. The lowest BCUT2D eigenvalue weighted by molar-refractivity contribution is -0.147. The fraction of sp³-hybridized carbons (Fsp3) is 0.818. The molecule has 0 saturated heterocycles. The molecule has 0 radical (unpaired) electrons. The van der Waals surface area contributed by atoms with Gasteiger partial charge in [0, 0.05) is 0 Å². The Labute approximate surface area is 96.1 Å². The Morgan fingerprint density at radius 3 is 1.69 bits per heavy atom. The van der Waals surface area contributed by atoms with Crippen molar-refractivity contribution >= 4 is 11.9 Å². The van der Waals surface area contributed by atoms with Crippen LogP contribution in [-0.2, 0) is 19.1 Å². The summed E-state index contributed by atoms with van der Waals surface area (Å²) in [6.45, 7) is 6.30. The van der Waals surface area contributed by atoms with Crippen molar-refractivity contribution in [3.8, 4) is 0 Å². The Balaban J connectivity index is 0. The van der Waals surface area contributed by atoms with E-state index in [2.05, 4.69) is 9.47 Å². The van der Waals surface area contributed by atoms with E-state index in [0.717, 1.165) is 0 Å². The van der Waals surface area contributed by atoms with E-state index in [1.54, 1.807) is 27.7 Å². The van der Waals surface area contributed by atoms with Crippen molar-refractivity contribution in [2.75, 3.05) is 20.4 Å². The molecular formula is C11H21FO4. The Bertz CT molecular complexity index is 202. The first-order valence-corrected chi connectivity index (χ1v) is 5.17. The summed E-state index contributed by atoms with van der Waals surface area (Å²) in [6.07, 6.45) is 0. The number of halogens is 1. The highest BCUT2D eigenvalue weighted by molar-refractivity contribution is 5.71. The van der Waals surface area contributed by atoms with Crippen molar-refractivity contribution in [3.05, 3.63) is 0 Å². The van der Waals surface area contributed by atoms with Crippen molar-refractivity contribution < 1.29 is 23.5 Å². The van der Waals surface area contributed by atoms with Gasteiger partial charge in [-0.15, -0.1) is 0 Å². The van der Waals surface area contributed by atoms with Gasteiger partial charge in [-0.1, -0.05) is 27.7 Å². The van der Waals surface area contributed by atoms with Crippen molar-refractivity contribution in [3.63, 3.8) is 0 Å². The maximum absolute atomic E-state index is 11.3. The van der Waals surface area contributed by atoms with Gasteiger partial charge in [-0.25, -0.2) is 4.39 Å². The minimum absolute atomic E-state index is 0.00463. The zero-order valence-electron chi connectivity index (χ0n) is 10.6. The molecule has 0 bridgehead atoms. The molecule has 0 aliphatic heterocycles. The van der Waals surface area contributed by atoms with Crippen LogP contribution in [0.4, 0.5) is 4.39 Å². The second-order valence-electron chi connectivity index (χ2n) is 3.69. The number of methoxy groups -OCH3 is 1. The lowest BCUT2D eigenvalue weighted by Crippen LogP contribution is -2.12. The van der Waals surface area contributed by atoms with Crippen molar-refractivity contribution in [1.82, 2.24) is 0 Å². The van der Waals surface area contributed by atoms with Crippen LogP contribution in [0.5, 0.6) is 0 Å². The van der Waals surface area contributed by atoms with E-state index >= 15 is 0 Å². The summed E-state index contributed by atoms with van der Waals surface area (Å²) in [6, 6.07) is 0. The van der Waals surface area contributed by atoms with Crippen LogP contribution in [0.15, 0.2) is 0 Å². The van der Waals surface area contributed by atoms with Gasteiger partial charge in [-0.3, -0.25) is 9.59 Å². The maximum Gasteiger partial charge on any atom is 0.308 e. The first-order valence-electron chi connectivity index (χ1n) is 5.17. The van der Waals surface area contributed by atoms with Crippen molar-refractivity contribution in [2.24, 2.45) is 11.8 Å². The standard InChI is InChI=1S/C6H11FO2.C5H10O2/c1-5(2)6(8)9-4-3-7;1-4(2)5(6)7-3/h5H,3-4H2,1-2H3;4H,1-3H3. The summed E-state index contributed by atoms with van der Waals surface area (Å²) < 4.78 is 20.2. The van der Waals surface area contributed by atoms with Crippen LogP contribution in [0.1, 0.15) is 27.7 Å². The van der Waals surface area contributed by atoms with Gasteiger partial charge in [0.2, 0.25) is 0 Å². The normalized spacial score (nSPS) is 9.50. The summed E-state index contributed by atoms with van der Waals surface area (Å²) in [4.78, 5) is 20.8. The van der Waals surface area contributed by atoms with E-state index in [9.17, 15) is 14.0 Å². The minimum Gasteiger partial charge on any atom is -0.469 e. The quantitative estimate of drug-likeness (QED) is 0.700. The van der Waals surface area contributed by atoms with Crippen LogP contribution in [0.3, 0.4) is 0 Å². The van der Waals surface area contributed by atoms with Gasteiger partial charge in [0.1, 0.15) is 13.3 Å². The van der Waals surface area contributed by atoms with Crippen LogP contribution in [0.25, 0.3) is 0 Å². The Hall–Kier alpha value is -1.13. The monoisotopic (exact) mass is 236 g/mol. The smallest absolute Gasteiger partial charge is 0.308 e. The Morgan fingerprint density at radius 2 is 1.50 bits per heavy atom. The Kier molecular flexibility index (Phi) is 11.2. The number of alkyl halides is 1. The number of carbonyl (C=O) groups is 2. The molecule has 96 valence electrons. The average molecular weight is 236 g/mol. The fourth-order valence-electron chi connectivity index (χ4n) is 0.542. The number of rotatable bonds is 4. The minimum atomic E-state index is -0.599.